The van der Waals surface area contributed by atoms with Gasteiger partial charge in [0, 0.05) is 11.1 Å². The summed E-state index contributed by atoms with van der Waals surface area (Å²) in [5.41, 5.74) is 9.33. The fourth-order valence-corrected chi connectivity index (χ4v) is 2.00. The highest BCUT2D eigenvalue weighted by atomic mass is 35.5. The summed E-state index contributed by atoms with van der Waals surface area (Å²) in [4.78, 5) is 0. The second-order valence-electron chi connectivity index (χ2n) is 4.31. The van der Waals surface area contributed by atoms with E-state index in [-0.39, 0.29) is 6.04 Å². The standard InChI is InChI=1S/C16H16ClN/c1-12(18)11-16(13-5-3-2-4-6-13)14-7-9-15(17)10-8-14/h2-12H,18H2,1H3. The molecule has 1 unspecified atom stereocenters. The smallest absolute Gasteiger partial charge is 0.0406 e. The fraction of sp³-hybridized carbons (Fsp3) is 0.125. The highest BCUT2D eigenvalue weighted by Gasteiger charge is 2.05. The Bertz CT molecular complexity index is 527. The molecule has 2 N–H and O–H groups in total. The molecule has 0 heterocycles. The zero-order valence-corrected chi connectivity index (χ0v) is 11.1. The minimum atomic E-state index is 0.0101. The van der Waals surface area contributed by atoms with E-state index in [2.05, 4.69) is 18.2 Å². The van der Waals surface area contributed by atoms with E-state index in [0.717, 1.165) is 21.7 Å². The predicted molar refractivity (Wildman–Crippen MR) is 78.6 cm³/mol. The van der Waals surface area contributed by atoms with Crippen LogP contribution in [0.3, 0.4) is 0 Å². The molecule has 2 aromatic carbocycles. The molecule has 0 aromatic heterocycles. The highest BCUT2D eigenvalue weighted by Crippen LogP contribution is 2.24. The number of rotatable bonds is 3. The summed E-state index contributed by atoms with van der Waals surface area (Å²) in [6.45, 7) is 1.97. The Morgan fingerprint density at radius 3 is 2.11 bits per heavy atom. The SMILES string of the molecule is CC(N)C=C(c1ccccc1)c1ccc(Cl)cc1. The Labute approximate surface area is 113 Å². The topological polar surface area (TPSA) is 26.0 Å². The van der Waals surface area contributed by atoms with Crippen molar-refractivity contribution >= 4 is 17.2 Å². The lowest BCUT2D eigenvalue weighted by Crippen LogP contribution is -2.11. The van der Waals surface area contributed by atoms with E-state index in [0.29, 0.717) is 0 Å². The quantitative estimate of drug-likeness (QED) is 0.880. The molecular weight excluding hydrogens is 242 g/mol. The first-order valence-electron chi connectivity index (χ1n) is 5.95. The molecule has 0 aliphatic rings. The number of benzene rings is 2. The van der Waals surface area contributed by atoms with Gasteiger partial charge in [-0.3, -0.25) is 0 Å². The molecule has 2 rings (SSSR count). The second-order valence-corrected chi connectivity index (χ2v) is 4.75. The first kappa shape index (κ1) is 12.9. The highest BCUT2D eigenvalue weighted by molar-refractivity contribution is 6.30. The van der Waals surface area contributed by atoms with Crippen LogP contribution in [0.15, 0.2) is 60.7 Å². The van der Waals surface area contributed by atoms with Gasteiger partial charge in [0.2, 0.25) is 0 Å². The average molecular weight is 258 g/mol. The van der Waals surface area contributed by atoms with Gasteiger partial charge in [-0.1, -0.05) is 60.1 Å². The van der Waals surface area contributed by atoms with E-state index in [4.69, 9.17) is 17.3 Å². The molecule has 0 aliphatic carbocycles. The monoisotopic (exact) mass is 257 g/mol. The molecule has 0 amide bonds. The largest absolute Gasteiger partial charge is 0.325 e. The van der Waals surface area contributed by atoms with Crippen molar-refractivity contribution in [3.8, 4) is 0 Å². The summed E-state index contributed by atoms with van der Waals surface area (Å²) in [7, 11) is 0. The van der Waals surface area contributed by atoms with Crippen LogP contribution in [0, 0.1) is 0 Å². The van der Waals surface area contributed by atoms with E-state index in [1.54, 1.807) is 0 Å². The van der Waals surface area contributed by atoms with Crippen LogP contribution in [-0.4, -0.2) is 6.04 Å². The lowest BCUT2D eigenvalue weighted by Gasteiger charge is -2.10. The summed E-state index contributed by atoms with van der Waals surface area (Å²) in [6, 6.07) is 18.1. The Kier molecular flexibility index (Phi) is 4.19. The molecule has 18 heavy (non-hydrogen) atoms. The number of hydrogen-bond acceptors (Lipinski definition) is 1. The number of halogens is 1. The van der Waals surface area contributed by atoms with Crippen LogP contribution in [-0.2, 0) is 0 Å². The van der Waals surface area contributed by atoms with Crippen molar-refractivity contribution in [3.05, 3.63) is 76.8 Å². The van der Waals surface area contributed by atoms with E-state index in [1.807, 2.05) is 49.4 Å². The normalized spacial score (nSPS) is 13.4. The van der Waals surface area contributed by atoms with Crippen LogP contribution >= 0.6 is 11.6 Å². The van der Waals surface area contributed by atoms with Gasteiger partial charge in [0.25, 0.3) is 0 Å². The van der Waals surface area contributed by atoms with Gasteiger partial charge in [-0.2, -0.15) is 0 Å². The lowest BCUT2D eigenvalue weighted by molar-refractivity contribution is 0.928. The van der Waals surface area contributed by atoms with Gasteiger partial charge in [0.15, 0.2) is 0 Å². The number of nitrogens with two attached hydrogens (primary N) is 1. The molecule has 0 aliphatic heterocycles. The molecule has 0 fully saturated rings. The summed E-state index contributed by atoms with van der Waals surface area (Å²) in [5.74, 6) is 0. The fourth-order valence-electron chi connectivity index (χ4n) is 1.87. The molecule has 0 bridgehead atoms. The van der Waals surface area contributed by atoms with Crippen molar-refractivity contribution in [2.24, 2.45) is 5.73 Å². The van der Waals surface area contributed by atoms with Crippen LogP contribution < -0.4 is 5.73 Å². The first-order chi connectivity index (χ1) is 8.66. The van der Waals surface area contributed by atoms with Gasteiger partial charge in [0.1, 0.15) is 0 Å². The molecular formula is C16H16ClN. The van der Waals surface area contributed by atoms with Crippen molar-refractivity contribution < 1.29 is 0 Å². The van der Waals surface area contributed by atoms with Gasteiger partial charge in [0.05, 0.1) is 0 Å². The van der Waals surface area contributed by atoms with Crippen molar-refractivity contribution in [3.63, 3.8) is 0 Å². The summed E-state index contributed by atoms with van der Waals surface area (Å²) in [6.07, 6.45) is 2.07. The van der Waals surface area contributed by atoms with Crippen molar-refractivity contribution in [1.29, 1.82) is 0 Å². The zero-order valence-electron chi connectivity index (χ0n) is 10.3. The van der Waals surface area contributed by atoms with Gasteiger partial charge in [-0.15, -0.1) is 0 Å². The molecule has 0 spiro atoms. The summed E-state index contributed by atoms with van der Waals surface area (Å²) >= 11 is 5.92. The Hall–Kier alpha value is -1.57. The molecule has 0 saturated heterocycles. The maximum absolute atomic E-state index is 5.92. The summed E-state index contributed by atoms with van der Waals surface area (Å²) in [5, 5.41) is 0.743. The number of hydrogen-bond donors (Lipinski definition) is 1. The lowest BCUT2D eigenvalue weighted by atomic mass is 9.96. The second kappa shape index (κ2) is 5.85. The van der Waals surface area contributed by atoms with Crippen LogP contribution in [0.1, 0.15) is 18.1 Å². The third kappa shape index (κ3) is 3.22. The first-order valence-corrected chi connectivity index (χ1v) is 6.33. The Morgan fingerprint density at radius 1 is 1.00 bits per heavy atom. The van der Waals surface area contributed by atoms with Crippen LogP contribution in [0.5, 0.6) is 0 Å². The van der Waals surface area contributed by atoms with E-state index in [1.165, 1.54) is 0 Å². The molecule has 1 atom stereocenters. The van der Waals surface area contributed by atoms with Gasteiger partial charge in [-0.25, -0.2) is 0 Å². The third-order valence-electron chi connectivity index (χ3n) is 2.67. The molecule has 2 aromatic rings. The molecule has 0 saturated carbocycles. The van der Waals surface area contributed by atoms with Gasteiger partial charge in [-0.05, 0) is 35.8 Å². The molecule has 92 valence electrons. The minimum absolute atomic E-state index is 0.0101. The molecule has 1 nitrogen and oxygen atoms in total. The average Bonchev–Trinajstić information content (AvgIpc) is 2.38. The van der Waals surface area contributed by atoms with E-state index < -0.39 is 0 Å². The Balaban J connectivity index is 2.47. The van der Waals surface area contributed by atoms with Gasteiger partial charge >= 0.3 is 0 Å². The zero-order chi connectivity index (χ0) is 13.0. The summed E-state index contributed by atoms with van der Waals surface area (Å²) < 4.78 is 0. The van der Waals surface area contributed by atoms with Crippen molar-refractivity contribution in [2.75, 3.05) is 0 Å². The minimum Gasteiger partial charge on any atom is -0.325 e. The molecule has 0 radical (unpaired) electrons. The van der Waals surface area contributed by atoms with E-state index in [9.17, 15) is 0 Å². The van der Waals surface area contributed by atoms with Gasteiger partial charge < -0.3 is 5.73 Å². The van der Waals surface area contributed by atoms with Crippen molar-refractivity contribution in [2.45, 2.75) is 13.0 Å². The predicted octanol–water partition coefficient (Wildman–Crippen LogP) is 4.12. The van der Waals surface area contributed by atoms with E-state index >= 15 is 0 Å². The third-order valence-corrected chi connectivity index (χ3v) is 2.92. The van der Waals surface area contributed by atoms with Crippen LogP contribution in [0.2, 0.25) is 5.02 Å². The van der Waals surface area contributed by atoms with Crippen molar-refractivity contribution in [1.82, 2.24) is 0 Å². The molecule has 2 heteroatoms. The van der Waals surface area contributed by atoms with Crippen LogP contribution in [0.25, 0.3) is 5.57 Å². The maximum atomic E-state index is 5.92. The van der Waals surface area contributed by atoms with Crippen LogP contribution in [0.4, 0.5) is 0 Å². The maximum Gasteiger partial charge on any atom is 0.0406 e. The Morgan fingerprint density at radius 2 is 1.56 bits per heavy atom.